The molecule has 0 aliphatic heterocycles. The molecule has 0 saturated heterocycles. The van der Waals surface area contributed by atoms with Gasteiger partial charge in [0, 0.05) is 0 Å². The van der Waals surface area contributed by atoms with Crippen LogP contribution in [0, 0.1) is 0 Å². The molecule has 0 saturated carbocycles. The standard InChI is InChI=1S/C19H21NO5/c1-13(14-8-10-15(23-2)11-9-14)20-18(21)12-25-19(22)16-6-4-5-7-17(16)24-3/h4-11,13H,12H2,1-3H3,(H,20,21). The van der Waals surface area contributed by atoms with Crippen molar-refractivity contribution >= 4 is 11.9 Å². The molecule has 25 heavy (non-hydrogen) atoms. The minimum atomic E-state index is -0.607. The summed E-state index contributed by atoms with van der Waals surface area (Å²) in [6.45, 7) is 1.49. The third kappa shape index (κ3) is 4.97. The van der Waals surface area contributed by atoms with E-state index in [2.05, 4.69) is 5.32 Å². The first kappa shape index (κ1) is 18.3. The Balaban J connectivity index is 1.88. The highest BCUT2D eigenvalue weighted by Gasteiger charge is 2.16. The van der Waals surface area contributed by atoms with Crippen LogP contribution in [0.3, 0.4) is 0 Å². The lowest BCUT2D eigenvalue weighted by Gasteiger charge is -2.15. The summed E-state index contributed by atoms with van der Waals surface area (Å²) in [5.41, 5.74) is 1.20. The lowest BCUT2D eigenvalue weighted by Crippen LogP contribution is -2.31. The molecule has 2 aromatic carbocycles. The van der Waals surface area contributed by atoms with Crippen LogP contribution in [0.15, 0.2) is 48.5 Å². The molecule has 132 valence electrons. The second-order valence-electron chi connectivity index (χ2n) is 5.34. The second kappa shape index (κ2) is 8.73. The Morgan fingerprint density at radius 3 is 2.32 bits per heavy atom. The van der Waals surface area contributed by atoms with Gasteiger partial charge in [0.25, 0.3) is 5.91 Å². The maximum Gasteiger partial charge on any atom is 0.342 e. The van der Waals surface area contributed by atoms with Gasteiger partial charge in [-0.25, -0.2) is 4.79 Å². The first-order valence-corrected chi connectivity index (χ1v) is 7.78. The SMILES string of the molecule is COc1ccc(C(C)NC(=O)COC(=O)c2ccccc2OC)cc1. The lowest BCUT2D eigenvalue weighted by atomic mass is 10.1. The van der Waals surface area contributed by atoms with Crippen LogP contribution >= 0.6 is 0 Å². The third-order valence-electron chi connectivity index (χ3n) is 3.65. The highest BCUT2D eigenvalue weighted by atomic mass is 16.5. The molecule has 0 radical (unpaired) electrons. The average Bonchev–Trinajstić information content (AvgIpc) is 2.66. The normalized spacial score (nSPS) is 11.3. The van der Waals surface area contributed by atoms with Gasteiger partial charge in [0.05, 0.1) is 20.3 Å². The van der Waals surface area contributed by atoms with Crippen molar-refractivity contribution in [2.24, 2.45) is 0 Å². The quantitative estimate of drug-likeness (QED) is 0.783. The summed E-state index contributed by atoms with van der Waals surface area (Å²) in [4.78, 5) is 24.1. The zero-order valence-corrected chi connectivity index (χ0v) is 14.4. The van der Waals surface area contributed by atoms with E-state index in [1.165, 1.54) is 7.11 Å². The summed E-state index contributed by atoms with van der Waals surface area (Å²) in [5.74, 6) is 0.156. The number of amides is 1. The summed E-state index contributed by atoms with van der Waals surface area (Å²) < 4.78 is 15.3. The Labute approximate surface area is 146 Å². The van der Waals surface area contributed by atoms with Crippen LogP contribution in [0.2, 0.25) is 0 Å². The Kier molecular flexibility index (Phi) is 6.39. The van der Waals surface area contributed by atoms with Crippen molar-refractivity contribution in [3.05, 3.63) is 59.7 Å². The molecule has 0 fully saturated rings. The molecule has 0 aromatic heterocycles. The molecule has 2 rings (SSSR count). The van der Waals surface area contributed by atoms with E-state index in [0.717, 1.165) is 11.3 Å². The molecule has 6 heteroatoms. The van der Waals surface area contributed by atoms with Crippen LogP contribution in [0.5, 0.6) is 11.5 Å². The number of para-hydroxylation sites is 1. The highest BCUT2D eigenvalue weighted by Crippen LogP contribution is 2.19. The van der Waals surface area contributed by atoms with Crippen LogP contribution in [-0.2, 0) is 9.53 Å². The molecule has 0 aliphatic rings. The van der Waals surface area contributed by atoms with Gasteiger partial charge in [-0.05, 0) is 36.8 Å². The summed E-state index contributed by atoms with van der Waals surface area (Å²) in [6, 6.07) is 13.8. The molecular formula is C19H21NO5. The van der Waals surface area contributed by atoms with Crippen LogP contribution in [0.1, 0.15) is 28.9 Å². The third-order valence-corrected chi connectivity index (χ3v) is 3.65. The van der Waals surface area contributed by atoms with E-state index in [-0.39, 0.29) is 24.1 Å². The van der Waals surface area contributed by atoms with Crippen LogP contribution in [0.25, 0.3) is 0 Å². The van der Waals surface area contributed by atoms with Gasteiger partial charge in [0.1, 0.15) is 17.1 Å². The number of carbonyl (C=O) groups excluding carboxylic acids is 2. The molecule has 1 amide bonds. The van der Waals surface area contributed by atoms with Crippen molar-refractivity contribution in [2.75, 3.05) is 20.8 Å². The van der Waals surface area contributed by atoms with Crippen molar-refractivity contribution in [1.82, 2.24) is 5.32 Å². The van der Waals surface area contributed by atoms with Gasteiger partial charge < -0.3 is 19.5 Å². The average molecular weight is 343 g/mol. The predicted molar refractivity (Wildman–Crippen MR) is 92.8 cm³/mol. The van der Waals surface area contributed by atoms with Gasteiger partial charge in [0.15, 0.2) is 6.61 Å². The Bertz CT molecular complexity index is 727. The summed E-state index contributed by atoms with van der Waals surface area (Å²) in [7, 11) is 3.06. The molecule has 2 aromatic rings. The fraction of sp³-hybridized carbons (Fsp3) is 0.263. The molecule has 0 aliphatic carbocycles. The zero-order valence-electron chi connectivity index (χ0n) is 14.4. The number of ether oxygens (including phenoxy) is 3. The minimum Gasteiger partial charge on any atom is -0.497 e. The topological polar surface area (TPSA) is 73.9 Å². The van der Waals surface area contributed by atoms with E-state index in [1.54, 1.807) is 31.4 Å². The number of esters is 1. The molecule has 1 N–H and O–H groups in total. The maximum absolute atomic E-state index is 12.1. The predicted octanol–water partition coefficient (Wildman–Crippen LogP) is 2.74. The van der Waals surface area contributed by atoms with E-state index in [0.29, 0.717) is 5.75 Å². The number of rotatable bonds is 7. The van der Waals surface area contributed by atoms with E-state index < -0.39 is 5.97 Å². The minimum absolute atomic E-state index is 0.219. The molecule has 0 bridgehead atoms. The zero-order chi connectivity index (χ0) is 18.2. The van der Waals surface area contributed by atoms with E-state index in [1.807, 2.05) is 31.2 Å². The van der Waals surface area contributed by atoms with E-state index in [4.69, 9.17) is 14.2 Å². The van der Waals surface area contributed by atoms with Crippen molar-refractivity contribution in [2.45, 2.75) is 13.0 Å². The fourth-order valence-corrected chi connectivity index (χ4v) is 2.28. The van der Waals surface area contributed by atoms with Crippen molar-refractivity contribution < 1.29 is 23.8 Å². The van der Waals surface area contributed by atoms with Crippen LogP contribution in [-0.4, -0.2) is 32.7 Å². The van der Waals surface area contributed by atoms with Crippen LogP contribution < -0.4 is 14.8 Å². The van der Waals surface area contributed by atoms with Crippen LogP contribution in [0.4, 0.5) is 0 Å². The van der Waals surface area contributed by atoms with Crippen molar-refractivity contribution in [3.8, 4) is 11.5 Å². The van der Waals surface area contributed by atoms with E-state index >= 15 is 0 Å². The highest BCUT2D eigenvalue weighted by molar-refractivity contribution is 5.94. The van der Waals surface area contributed by atoms with E-state index in [9.17, 15) is 9.59 Å². The molecule has 1 atom stereocenters. The lowest BCUT2D eigenvalue weighted by molar-refractivity contribution is -0.124. The maximum atomic E-state index is 12.1. The number of nitrogens with one attached hydrogen (secondary N) is 1. The van der Waals surface area contributed by atoms with Crippen molar-refractivity contribution in [1.29, 1.82) is 0 Å². The van der Waals surface area contributed by atoms with Gasteiger partial charge in [-0.3, -0.25) is 4.79 Å². The number of benzene rings is 2. The number of hydrogen-bond acceptors (Lipinski definition) is 5. The largest absolute Gasteiger partial charge is 0.497 e. The molecule has 0 spiro atoms. The second-order valence-corrected chi connectivity index (χ2v) is 5.34. The number of carbonyl (C=O) groups is 2. The Hall–Kier alpha value is -3.02. The summed E-state index contributed by atoms with van der Waals surface area (Å²) >= 11 is 0. The molecule has 0 heterocycles. The monoisotopic (exact) mass is 343 g/mol. The van der Waals surface area contributed by atoms with Gasteiger partial charge in [-0.2, -0.15) is 0 Å². The first-order chi connectivity index (χ1) is 12.0. The van der Waals surface area contributed by atoms with Gasteiger partial charge in [0.2, 0.25) is 0 Å². The van der Waals surface area contributed by atoms with Crippen molar-refractivity contribution in [3.63, 3.8) is 0 Å². The van der Waals surface area contributed by atoms with Gasteiger partial charge in [-0.15, -0.1) is 0 Å². The smallest absolute Gasteiger partial charge is 0.342 e. The summed E-state index contributed by atoms with van der Waals surface area (Å²) in [5, 5.41) is 2.78. The summed E-state index contributed by atoms with van der Waals surface area (Å²) in [6.07, 6.45) is 0. The fourth-order valence-electron chi connectivity index (χ4n) is 2.28. The number of methoxy groups -OCH3 is 2. The molecular weight excluding hydrogens is 322 g/mol. The number of hydrogen-bond donors (Lipinski definition) is 1. The van der Waals surface area contributed by atoms with Gasteiger partial charge >= 0.3 is 5.97 Å². The molecule has 1 unspecified atom stereocenters. The Morgan fingerprint density at radius 2 is 1.68 bits per heavy atom. The van der Waals surface area contributed by atoms with Gasteiger partial charge in [-0.1, -0.05) is 24.3 Å². The Morgan fingerprint density at radius 1 is 1.00 bits per heavy atom. The first-order valence-electron chi connectivity index (χ1n) is 7.78. The molecule has 6 nitrogen and oxygen atoms in total.